The molecule has 2 fully saturated rings. The summed E-state index contributed by atoms with van der Waals surface area (Å²) in [6.45, 7) is 6.51. The van der Waals surface area contributed by atoms with E-state index in [1.54, 1.807) is 16.4 Å². The molecule has 2 aliphatic rings. The lowest BCUT2D eigenvalue weighted by atomic mass is 9.92. The maximum Gasteiger partial charge on any atom is 0.264 e. The quantitative estimate of drug-likeness (QED) is 0.442. The summed E-state index contributed by atoms with van der Waals surface area (Å²) < 4.78 is 41.9. The molecule has 3 atom stereocenters. The molecule has 5 nitrogen and oxygen atoms in total. The molecule has 6 heteroatoms. The van der Waals surface area contributed by atoms with Gasteiger partial charge in [0.1, 0.15) is 17.2 Å². The van der Waals surface area contributed by atoms with Crippen molar-refractivity contribution in [2.75, 3.05) is 6.61 Å². The molecule has 3 aromatic rings. The molecule has 0 aromatic heterocycles. The van der Waals surface area contributed by atoms with Crippen LogP contribution in [0, 0.1) is 6.92 Å². The molecule has 5 rings (SSSR count). The zero-order valence-corrected chi connectivity index (χ0v) is 20.5. The molecule has 0 bridgehead atoms. The van der Waals surface area contributed by atoms with Crippen molar-refractivity contribution in [1.29, 1.82) is 0 Å². The van der Waals surface area contributed by atoms with Crippen LogP contribution < -0.4 is 0 Å². The Morgan fingerprint density at radius 1 is 0.941 bits per heavy atom. The number of nitrogens with zero attached hydrogens (tertiary/aromatic N) is 1. The number of morpholine rings is 1. The summed E-state index contributed by atoms with van der Waals surface area (Å²) in [5.74, 6) is 0. The maximum atomic E-state index is 14.0. The van der Waals surface area contributed by atoms with Crippen molar-refractivity contribution in [1.82, 2.24) is 4.31 Å². The number of hydrogen-bond acceptors (Lipinski definition) is 4. The molecule has 0 unspecified atom stereocenters. The number of fused-ring (bicyclic) bond motifs is 1. The van der Waals surface area contributed by atoms with Gasteiger partial charge in [-0.05, 0) is 50.1 Å². The Hall–Kier alpha value is -2.93. The number of ether oxygens (including phenoxy) is 2. The first-order valence-electron chi connectivity index (χ1n) is 11.5. The van der Waals surface area contributed by atoms with Crippen molar-refractivity contribution in [3.8, 4) is 0 Å². The minimum absolute atomic E-state index is 0.220. The third-order valence-corrected chi connectivity index (χ3v) is 8.87. The maximum absolute atomic E-state index is 14.0. The van der Waals surface area contributed by atoms with E-state index < -0.39 is 27.3 Å². The highest BCUT2D eigenvalue weighted by atomic mass is 32.2. The topological polar surface area (TPSA) is 59.1 Å². The molecule has 0 spiro atoms. The second-order valence-corrected chi connectivity index (χ2v) is 11.1. The number of hydrogen-bond donors (Lipinski definition) is 0. The summed E-state index contributed by atoms with van der Waals surface area (Å²) in [6, 6.07) is 26.1. The van der Waals surface area contributed by atoms with E-state index in [1.165, 1.54) is 0 Å². The number of sulfonamides is 1. The highest BCUT2D eigenvalue weighted by Gasteiger charge is 2.78. The van der Waals surface area contributed by atoms with E-state index in [0.29, 0.717) is 12.3 Å². The summed E-state index contributed by atoms with van der Waals surface area (Å²) in [7, 11) is -3.84. The van der Waals surface area contributed by atoms with Gasteiger partial charge in [-0.25, -0.2) is 8.42 Å². The van der Waals surface area contributed by atoms with Crippen molar-refractivity contribution < 1.29 is 17.9 Å². The van der Waals surface area contributed by atoms with Crippen LogP contribution in [-0.4, -0.2) is 36.6 Å². The van der Waals surface area contributed by atoms with Gasteiger partial charge in [0.05, 0.1) is 23.8 Å². The fourth-order valence-corrected chi connectivity index (χ4v) is 6.60. The minimum atomic E-state index is -3.84. The Balaban J connectivity index is 1.55. The Morgan fingerprint density at radius 3 is 2.21 bits per heavy atom. The molecule has 0 aliphatic carbocycles. The number of epoxide rings is 1. The van der Waals surface area contributed by atoms with E-state index in [1.807, 2.05) is 99.6 Å². The van der Waals surface area contributed by atoms with Gasteiger partial charge in [-0.2, -0.15) is 0 Å². The molecule has 2 aliphatic heterocycles. The minimum Gasteiger partial charge on any atom is -0.374 e. The average molecular weight is 476 g/mol. The van der Waals surface area contributed by atoms with Crippen LogP contribution in [0.5, 0.6) is 0 Å². The van der Waals surface area contributed by atoms with Gasteiger partial charge in [-0.1, -0.05) is 78.4 Å². The van der Waals surface area contributed by atoms with Crippen LogP contribution in [0.4, 0.5) is 0 Å². The Kier molecular flexibility index (Phi) is 5.63. The second-order valence-electron chi connectivity index (χ2n) is 9.31. The monoisotopic (exact) mass is 475 g/mol. The van der Waals surface area contributed by atoms with Crippen LogP contribution in [0.1, 0.15) is 30.5 Å². The van der Waals surface area contributed by atoms with Gasteiger partial charge in [0.2, 0.25) is 0 Å². The fourth-order valence-electron chi connectivity index (χ4n) is 4.81. The van der Waals surface area contributed by atoms with Crippen LogP contribution in [0.15, 0.2) is 95.5 Å². The highest BCUT2D eigenvalue weighted by molar-refractivity contribution is 7.89. The zero-order chi connectivity index (χ0) is 24.0. The lowest BCUT2D eigenvalue weighted by molar-refractivity contribution is 0.0528. The van der Waals surface area contributed by atoms with E-state index in [2.05, 4.69) is 0 Å². The zero-order valence-electron chi connectivity index (χ0n) is 19.6. The van der Waals surface area contributed by atoms with Gasteiger partial charge in [0, 0.05) is 0 Å². The number of rotatable bonds is 7. The molecule has 176 valence electrons. The lowest BCUT2D eigenvalue weighted by Gasteiger charge is -2.32. The van der Waals surface area contributed by atoms with E-state index >= 15 is 0 Å². The molecule has 34 heavy (non-hydrogen) atoms. The Labute approximate surface area is 201 Å². The number of benzene rings is 3. The Morgan fingerprint density at radius 2 is 1.56 bits per heavy atom. The third kappa shape index (κ3) is 3.76. The first-order valence-corrected chi connectivity index (χ1v) is 12.9. The van der Waals surface area contributed by atoms with Gasteiger partial charge in [0.25, 0.3) is 10.0 Å². The van der Waals surface area contributed by atoms with Gasteiger partial charge in [0.15, 0.2) is 0 Å². The predicted molar refractivity (Wildman–Crippen MR) is 132 cm³/mol. The van der Waals surface area contributed by atoms with Gasteiger partial charge in [-0.3, -0.25) is 4.31 Å². The van der Waals surface area contributed by atoms with Gasteiger partial charge in [-0.15, -0.1) is 0 Å². The molecule has 0 saturated carbocycles. The normalized spacial score (nSPS) is 27.1. The van der Waals surface area contributed by atoms with Crippen LogP contribution in [-0.2, 0) is 26.1 Å². The van der Waals surface area contributed by atoms with Crippen LogP contribution in [0.3, 0.4) is 0 Å². The van der Waals surface area contributed by atoms with Crippen LogP contribution >= 0.6 is 0 Å². The second kappa shape index (κ2) is 8.38. The first kappa shape index (κ1) is 22.8. The molecular formula is C28H29NO4S. The molecule has 0 amide bonds. The van der Waals surface area contributed by atoms with Crippen molar-refractivity contribution in [3.63, 3.8) is 0 Å². The molecule has 2 saturated heterocycles. The van der Waals surface area contributed by atoms with E-state index in [4.69, 9.17) is 9.47 Å². The predicted octanol–water partition coefficient (Wildman–Crippen LogP) is 5.17. The summed E-state index contributed by atoms with van der Waals surface area (Å²) in [5.41, 5.74) is 2.21. The molecule has 2 heterocycles. The van der Waals surface area contributed by atoms with Crippen molar-refractivity contribution in [2.24, 2.45) is 0 Å². The molecule has 3 aromatic carbocycles. The Bertz CT molecular complexity index is 1310. The van der Waals surface area contributed by atoms with Crippen molar-refractivity contribution >= 4 is 16.1 Å². The van der Waals surface area contributed by atoms with Crippen LogP contribution in [0.25, 0.3) is 6.08 Å². The van der Waals surface area contributed by atoms with Gasteiger partial charge < -0.3 is 9.47 Å². The van der Waals surface area contributed by atoms with E-state index in [0.717, 1.165) is 16.7 Å². The van der Waals surface area contributed by atoms with Crippen molar-refractivity contribution in [2.45, 2.75) is 49.5 Å². The smallest absolute Gasteiger partial charge is 0.264 e. The molecule has 0 radical (unpaired) electrons. The van der Waals surface area contributed by atoms with Crippen LogP contribution in [0.2, 0.25) is 0 Å². The lowest BCUT2D eigenvalue weighted by Crippen LogP contribution is -2.45. The van der Waals surface area contributed by atoms with Crippen molar-refractivity contribution in [3.05, 3.63) is 107 Å². The highest BCUT2D eigenvalue weighted by Crippen LogP contribution is 2.64. The summed E-state index contributed by atoms with van der Waals surface area (Å²) in [4.78, 5) is 0.263. The molecule has 0 N–H and O–H groups in total. The molecular weight excluding hydrogens is 446 g/mol. The SMILES string of the molecule is Cc1ccc(S(=O)(=O)N2/C(=C\c3ccccc3)[C@]3(C)O[C@]3(C)[C@H]2COCc2ccccc2)cc1. The van der Waals surface area contributed by atoms with E-state index in [-0.39, 0.29) is 11.5 Å². The van der Waals surface area contributed by atoms with Gasteiger partial charge >= 0.3 is 0 Å². The summed E-state index contributed by atoms with van der Waals surface area (Å²) >= 11 is 0. The third-order valence-electron chi connectivity index (χ3n) is 7.03. The largest absolute Gasteiger partial charge is 0.374 e. The summed E-state index contributed by atoms with van der Waals surface area (Å²) in [6.07, 6.45) is 1.92. The average Bonchev–Trinajstić information content (AvgIpc) is 3.36. The fraction of sp³-hybridized carbons (Fsp3) is 0.286. The first-order chi connectivity index (χ1) is 16.3. The standard InChI is InChI=1S/C28H29NO4S/c1-21-14-16-24(17-15-21)34(30,31)29-25(18-22-10-6-4-7-11-22)27(2)28(3,33-27)26(29)20-32-19-23-12-8-5-9-13-23/h4-18,26H,19-20H2,1-3H3/b25-18-/t26-,27+,28-/m1/s1. The number of aryl methyl sites for hydroxylation is 1. The van der Waals surface area contributed by atoms with E-state index in [9.17, 15) is 8.42 Å². The summed E-state index contributed by atoms with van der Waals surface area (Å²) in [5, 5.41) is 0.